The molecule has 1 saturated heterocycles. The maximum Gasteiger partial charge on any atom is 0.191 e. The molecule has 1 atom stereocenters. The number of aliphatic imine (C=N–C) groups is 1. The smallest absolute Gasteiger partial charge is 0.191 e. The molecule has 0 amide bonds. The van der Waals surface area contributed by atoms with Crippen LogP contribution in [-0.4, -0.2) is 49.0 Å². The summed E-state index contributed by atoms with van der Waals surface area (Å²) in [6.45, 7) is 2.68. The Balaban J connectivity index is 0.00000289. The highest BCUT2D eigenvalue weighted by molar-refractivity contribution is 14.0. The van der Waals surface area contributed by atoms with Crippen molar-refractivity contribution < 1.29 is 4.74 Å². The first-order valence-electron chi connectivity index (χ1n) is 10.7. The largest absolute Gasteiger partial charge is 0.497 e. The van der Waals surface area contributed by atoms with Crippen molar-refractivity contribution in [3.8, 4) is 11.4 Å². The van der Waals surface area contributed by atoms with E-state index < -0.39 is 0 Å². The lowest BCUT2D eigenvalue weighted by Crippen LogP contribution is -2.51. The first-order valence-corrected chi connectivity index (χ1v) is 10.7. The van der Waals surface area contributed by atoms with Gasteiger partial charge in [0.1, 0.15) is 5.75 Å². The van der Waals surface area contributed by atoms with Crippen LogP contribution < -0.4 is 20.3 Å². The van der Waals surface area contributed by atoms with Gasteiger partial charge in [-0.15, -0.1) is 24.0 Å². The minimum atomic E-state index is 0. The third-order valence-electron chi connectivity index (χ3n) is 5.54. The number of aromatic nitrogens is 2. The summed E-state index contributed by atoms with van der Waals surface area (Å²) in [7, 11) is 3.53. The van der Waals surface area contributed by atoms with Gasteiger partial charge in [-0.3, -0.25) is 4.99 Å². The van der Waals surface area contributed by atoms with Gasteiger partial charge in [0.2, 0.25) is 0 Å². The minimum Gasteiger partial charge on any atom is -0.497 e. The highest BCUT2D eigenvalue weighted by Crippen LogP contribution is 2.24. The molecule has 1 fully saturated rings. The molecule has 32 heavy (non-hydrogen) atoms. The van der Waals surface area contributed by atoms with Crippen molar-refractivity contribution in [1.82, 2.24) is 20.4 Å². The molecule has 2 heterocycles. The maximum absolute atomic E-state index is 5.38. The van der Waals surface area contributed by atoms with Crippen molar-refractivity contribution in [3.05, 3.63) is 72.6 Å². The Morgan fingerprint density at radius 3 is 2.78 bits per heavy atom. The summed E-state index contributed by atoms with van der Waals surface area (Å²) >= 11 is 0. The molecule has 1 unspecified atom stereocenters. The summed E-state index contributed by atoms with van der Waals surface area (Å²) in [5.74, 6) is 1.71. The van der Waals surface area contributed by atoms with Crippen LogP contribution >= 0.6 is 24.0 Å². The first-order chi connectivity index (χ1) is 15.2. The molecule has 1 aromatic heterocycles. The van der Waals surface area contributed by atoms with E-state index in [0.717, 1.165) is 43.3 Å². The van der Waals surface area contributed by atoms with Crippen LogP contribution in [0.25, 0.3) is 5.69 Å². The lowest BCUT2D eigenvalue weighted by atomic mass is 10.0. The highest BCUT2D eigenvalue weighted by atomic mass is 127. The lowest BCUT2D eigenvalue weighted by molar-refractivity contribution is 0.414. The van der Waals surface area contributed by atoms with Gasteiger partial charge in [-0.1, -0.05) is 18.2 Å². The van der Waals surface area contributed by atoms with Gasteiger partial charge in [0.05, 0.1) is 12.8 Å². The number of rotatable bonds is 6. The number of hydrogen-bond donors (Lipinski definition) is 2. The van der Waals surface area contributed by atoms with E-state index in [4.69, 9.17) is 4.74 Å². The van der Waals surface area contributed by atoms with Crippen molar-refractivity contribution in [3.63, 3.8) is 0 Å². The van der Waals surface area contributed by atoms with Crippen molar-refractivity contribution in [1.29, 1.82) is 0 Å². The van der Waals surface area contributed by atoms with Gasteiger partial charge in [-0.05, 0) is 48.7 Å². The van der Waals surface area contributed by atoms with Crippen molar-refractivity contribution >= 4 is 35.6 Å². The van der Waals surface area contributed by atoms with Gasteiger partial charge in [0.25, 0.3) is 0 Å². The average Bonchev–Trinajstić information content (AvgIpc) is 3.37. The van der Waals surface area contributed by atoms with Crippen LogP contribution in [0.2, 0.25) is 0 Å². The molecule has 1 aliphatic heterocycles. The van der Waals surface area contributed by atoms with Crippen LogP contribution in [0.5, 0.6) is 5.75 Å². The maximum atomic E-state index is 5.38. The van der Waals surface area contributed by atoms with E-state index >= 15 is 0 Å². The van der Waals surface area contributed by atoms with Crippen LogP contribution in [0.15, 0.2) is 72.0 Å². The third-order valence-corrected chi connectivity index (χ3v) is 5.54. The number of methoxy groups -OCH3 is 1. The molecule has 1 aliphatic rings. The second kappa shape index (κ2) is 11.8. The number of hydrogen-bond acceptors (Lipinski definition) is 4. The van der Waals surface area contributed by atoms with Gasteiger partial charge in [0, 0.05) is 56.9 Å². The zero-order chi connectivity index (χ0) is 21.5. The molecule has 0 bridgehead atoms. The molecule has 3 aromatic rings. The molecule has 2 aromatic carbocycles. The summed E-state index contributed by atoms with van der Waals surface area (Å²) < 4.78 is 7.25. The Labute approximate surface area is 206 Å². The molecule has 0 saturated carbocycles. The first kappa shape index (κ1) is 23.9. The Bertz CT molecular complexity index is 1010. The summed E-state index contributed by atoms with van der Waals surface area (Å²) in [6, 6.07) is 18.9. The molecule has 4 rings (SSSR count). The number of nitrogens with zero attached hydrogens (tertiary/aromatic N) is 4. The SMILES string of the molecule is CN=C(NCc1cccc(-n2cccn2)c1)NC1CCCN(c2cccc(OC)c2)C1.I. The van der Waals surface area contributed by atoms with Gasteiger partial charge in [-0.2, -0.15) is 5.10 Å². The second-order valence-electron chi connectivity index (χ2n) is 7.68. The van der Waals surface area contributed by atoms with E-state index in [0.29, 0.717) is 12.6 Å². The van der Waals surface area contributed by atoms with Crippen molar-refractivity contribution in [2.45, 2.75) is 25.4 Å². The molecule has 0 aliphatic carbocycles. The van der Waals surface area contributed by atoms with Gasteiger partial charge >= 0.3 is 0 Å². The fraction of sp³-hybridized carbons (Fsp3) is 0.333. The van der Waals surface area contributed by atoms with E-state index in [-0.39, 0.29) is 24.0 Å². The quantitative estimate of drug-likeness (QED) is 0.280. The number of guanidine groups is 1. The Morgan fingerprint density at radius 1 is 1.16 bits per heavy atom. The van der Waals surface area contributed by atoms with E-state index in [9.17, 15) is 0 Å². The molecule has 0 spiro atoms. The van der Waals surface area contributed by atoms with E-state index in [2.05, 4.69) is 62.0 Å². The van der Waals surface area contributed by atoms with Gasteiger partial charge in [-0.25, -0.2) is 4.68 Å². The van der Waals surface area contributed by atoms with Crippen LogP contribution in [0, 0.1) is 0 Å². The summed E-state index contributed by atoms with van der Waals surface area (Å²) in [4.78, 5) is 6.84. The third kappa shape index (κ3) is 6.15. The van der Waals surface area contributed by atoms with E-state index in [1.165, 1.54) is 11.3 Å². The van der Waals surface area contributed by atoms with Crippen molar-refractivity contribution in [2.24, 2.45) is 4.99 Å². The Hall–Kier alpha value is -2.75. The number of ether oxygens (including phenoxy) is 1. The molecule has 0 radical (unpaired) electrons. The lowest BCUT2D eigenvalue weighted by Gasteiger charge is -2.35. The van der Waals surface area contributed by atoms with Crippen molar-refractivity contribution in [2.75, 3.05) is 32.1 Å². The molecular weight excluding hydrogens is 515 g/mol. The molecule has 2 N–H and O–H groups in total. The number of halogens is 1. The predicted molar refractivity (Wildman–Crippen MR) is 141 cm³/mol. The van der Waals surface area contributed by atoms with E-state index in [1.807, 2.05) is 36.1 Å². The monoisotopic (exact) mass is 546 g/mol. The number of piperidine rings is 1. The fourth-order valence-corrected chi connectivity index (χ4v) is 3.94. The Kier molecular flexibility index (Phi) is 8.78. The average molecular weight is 546 g/mol. The zero-order valence-corrected chi connectivity index (χ0v) is 20.9. The summed E-state index contributed by atoms with van der Waals surface area (Å²) in [6.07, 6.45) is 5.99. The highest BCUT2D eigenvalue weighted by Gasteiger charge is 2.21. The van der Waals surface area contributed by atoms with Crippen LogP contribution in [0.3, 0.4) is 0 Å². The Morgan fingerprint density at radius 2 is 2.00 bits per heavy atom. The number of nitrogens with one attached hydrogen (secondary N) is 2. The van der Waals surface area contributed by atoms with Gasteiger partial charge < -0.3 is 20.3 Å². The summed E-state index contributed by atoms with van der Waals surface area (Å²) in [5, 5.41) is 11.4. The van der Waals surface area contributed by atoms with Crippen LogP contribution in [-0.2, 0) is 6.54 Å². The zero-order valence-electron chi connectivity index (χ0n) is 18.6. The van der Waals surface area contributed by atoms with Crippen LogP contribution in [0.4, 0.5) is 5.69 Å². The van der Waals surface area contributed by atoms with E-state index in [1.54, 1.807) is 13.3 Å². The predicted octanol–water partition coefficient (Wildman–Crippen LogP) is 3.83. The molecular formula is C24H31IN6O. The standard InChI is InChI=1S/C24H30N6O.HI/c1-25-24(26-17-19-7-3-10-22(15-19)30-14-6-12-27-30)28-20-8-5-13-29(18-20)21-9-4-11-23(16-21)31-2;/h3-4,6-7,9-12,14-16,20H,5,8,13,17-18H2,1-2H3,(H2,25,26,28);1H. The molecule has 170 valence electrons. The fourth-order valence-electron chi connectivity index (χ4n) is 3.94. The summed E-state index contributed by atoms with van der Waals surface area (Å²) in [5.41, 5.74) is 3.43. The normalized spacial score (nSPS) is 16.2. The molecule has 8 heteroatoms. The number of anilines is 1. The van der Waals surface area contributed by atoms with Gasteiger partial charge in [0.15, 0.2) is 5.96 Å². The number of benzene rings is 2. The minimum absolute atomic E-state index is 0. The second-order valence-corrected chi connectivity index (χ2v) is 7.68. The van der Waals surface area contributed by atoms with Crippen LogP contribution in [0.1, 0.15) is 18.4 Å². The molecule has 7 nitrogen and oxygen atoms in total. The topological polar surface area (TPSA) is 66.7 Å².